The molecular weight excluding hydrogens is 467 g/mol. The molecule has 2 aromatic carbocycles. The Morgan fingerprint density at radius 1 is 1.16 bits per heavy atom. The lowest BCUT2D eigenvalue weighted by Gasteiger charge is -2.43. The van der Waals surface area contributed by atoms with Crippen LogP contribution in [0.4, 0.5) is 0 Å². The van der Waals surface area contributed by atoms with Crippen molar-refractivity contribution in [3.63, 3.8) is 0 Å². The van der Waals surface area contributed by atoms with E-state index in [4.69, 9.17) is 17.3 Å². The maximum absolute atomic E-state index is 12.4. The molecule has 0 heterocycles. The van der Waals surface area contributed by atoms with E-state index in [0.29, 0.717) is 29.4 Å². The molecule has 32 heavy (non-hydrogen) atoms. The zero-order valence-electron chi connectivity index (χ0n) is 18.6. The van der Waals surface area contributed by atoms with Crippen LogP contribution >= 0.6 is 24.0 Å². The number of halogens is 2. The Labute approximate surface area is 202 Å². The van der Waals surface area contributed by atoms with Crippen LogP contribution in [0.2, 0.25) is 5.02 Å². The molecule has 0 atom stereocenters. The second-order valence-electron chi connectivity index (χ2n) is 8.61. The molecule has 0 unspecified atom stereocenters. The number of carbonyl (C=O) groups is 1. The van der Waals surface area contributed by atoms with Gasteiger partial charge in [-0.25, -0.2) is 8.42 Å². The van der Waals surface area contributed by atoms with Gasteiger partial charge in [-0.05, 0) is 67.5 Å². The molecule has 8 heteroatoms. The molecular formula is C24H32Cl2N2O3S. The quantitative estimate of drug-likeness (QED) is 0.613. The molecule has 1 saturated carbocycles. The highest BCUT2D eigenvalue weighted by Gasteiger charge is 2.38. The minimum atomic E-state index is -3.25. The Hall–Kier alpha value is -1.60. The van der Waals surface area contributed by atoms with Crippen LogP contribution in [-0.2, 0) is 26.5 Å². The Kier molecular flexibility index (Phi) is 9.17. The van der Waals surface area contributed by atoms with Crippen molar-refractivity contribution in [1.29, 1.82) is 0 Å². The smallest absolute Gasteiger partial charge is 0.219 e. The molecule has 3 rings (SSSR count). The van der Waals surface area contributed by atoms with Gasteiger partial charge in [0.25, 0.3) is 0 Å². The van der Waals surface area contributed by atoms with Crippen LogP contribution in [0, 0.1) is 0 Å². The van der Waals surface area contributed by atoms with Gasteiger partial charge in [0.15, 0.2) is 9.84 Å². The van der Waals surface area contributed by atoms with E-state index in [1.807, 2.05) is 29.2 Å². The van der Waals surface area contributed by atoms with Crippen LogP contribution in [-0.4, -0.2) is 44.6 Å². The van der Waals surface area contributed by atoms with Gasteiger partial charge in [0, 0.05) is 42.7 Å². The molecule has 1 fully saturated rings. The van der Waals surface area contributed by atoms with Crippen molar-refractivity contribution in [2.45, 2.75) is 55.4 Å². The Morgan fingerprint density at radius 2 is 1.81 bits per heavy atom. The molecule has 1 aliphatic rings. The number of hydrogen-bond donors (Lipinski definition) is 1. The summed E-state index contributed by atoms with van der Waals surface area (Å²) in [6, 6.07) is 15.1. The van der Waals surface area contributed by atoms with Crippen LogP contribution in [0.1, 0.15) is 43.7 Å². The molecule has 1 amide bonds. The summed E-state index contributed by atoms with van der Waals surface area (Å²) < 4.78 is 23.6. The van der Waals surface area contributed by atoms with Crippen molar-refractivity contribution < 1.29 is 13.2 Å². The normalized spacial score (nSPS) is 20.9. The largest absolute Gasteiger partial charge is 0.340 e. The summed E-state index contributed by atoms with van der Waals surface area (Å²) >= 11 is 6.21. The summed E-state index contributed by atoms with van der Waals surface area (Å²) in [4.78, 5) is 14.7. The first-order chi connectivity index (χ1) is 14.6. The predicted octanol–water partition coefficient (Wildman–Crippen LogP) is 4.40. The first-order valence-corrected chi connectivity index (χ1v) is 12.9. The average molecular weight is 500 g/mol. The Balaban J connectivity index is 0.00000363. The number of carbonyl (C=O) groups excluding carboxylic acids is 1. The van der Waals surface area contributed by atoms with Gasteiger partial charge >= 0.3 is 0 Å². The van der Waals surface area contributed by atoms with Crippen LogP contribution in [0.5, 0.6) is 0 Å². The van der Waals surface area contributed by atoms with Crippen molar-refractivity contribution in [3.05, 3.63) is 64.7 Å². The minimum Gasteiger partial charge on any atom is -0.340 e. The highest BCUT2D eigenvalue weighted by molar-refractivity contribution is 7.90. The van der Waals surface area contributed by atoms with E-state index in [1.165, 1.54) is 11.8 Å². The summed E-state index contributed by atoms with van der Waals surface area (Å²) in [5.41, 5.74) is 8.20. The standard InChI is InChI=1S/C24H31ClN2O3S.ClH/c1-18(28)27(14-11-19-5-3-8-23(15-19)31(2,29)30)22-9-12-24(17-26,13-10-22)20-6-4-7-21(25)16-20;/h3-8,15-16,22H,9-14,17,26H2,1-2H3;1H. The maximum Gasteiger partial charge on any atom is 0.219 e. The summed E-state index contributed by atoms with van der Waals surface area (Å²) in [6.07, 6.45) is 5.40. The fourth-order valence-corrected chi connectivity index (χ4v) is 5.56. The fraction of sp³-hybridized carbons (Fsp3) is 0.458. The zero-order chi connectivity index (χ0) is 22.6. The second kappa shape index (κ2) is 11.0. The van der Waals surface area contributed by atoms with Crippen molar-refractivity contribution in [3.8, 4) is 0 Å². The van der Waals surface area contributed by atoms with Gasteiger partial charge in [0.1, 0.15) is 0 Å². The molecule has 1 aliphatic carbocycles. The van der Waals surface area contributed by atoms with Gasteiger partial charge in [-0.1, -0.05) is 35.9 Å². The predicted molar refractivity (Wildman–Crippen MR) is 132 cm³/mol. The number of sulfone groups is 1. The van der Waals surface area contributed by atoms with E-state index in [2.05, 4.69) is 6.07 Å². The third-order valence-electron chi connectivity index (χ3n) is 6.55. The summed E-state index contributed by atoms with van der Waals surface area (Å²) in [6.45, 7) is 2.73. The molecule has 0 aliphatic heterocycles. The van der Waals surface area contributed by atoms with E-state index in [9.17, 15) is 13.2 Å². The monoisotopic (exact) mass is 498 g/mol. The van der Waals surface area contributed by atoms with Crippen molar-refractivity contribution in [2.24, 2.45) is 5.73 Å². The molecule has 0 spiro atoms. The summed E-state index contributed by atoms with van der Waals surface area (Å²) in [5.74, 6) is 0.0484. The van der Waals surface area contributed by atoms with Gasteiger partial charge in [0.2, 0.25) is 5.91 Å². The lowest BCUT2D eigenvalue weighted by Crippen LogP contribution is -2.47. The number of benzene rings is 2. The van der Waals surface area contributed by atoms with Gasteiger partial charge in [-0.2, -0.15) is 0 Å². The van der Waals surface area contributed by atoms with Crippen LogP contribution in [0.25, 0.3) is 0 Å². The Morgan fingerprint density at radius 3 is 2.38 bits per heavy atom. The summed E-state index contributed by atoms with van der Waals surface area (Å²) in [5, 5.41) is 0.717. The van der Waals surface area contributed by atoms with Gasteiger partial charge in [0.05, 0.1) is 4.90 Å². The molecule has 0 saturated heterocycles. The SMILES string of the molecule is CC(=O)N(CCc1cccc(S(C)(=O)=O)c1)C1CCC(CN)(c2cccc(Cl)c2)CC1.Cl. The van der Waals surface area contributed by atoms with Crippen molar-refractivity contribution in [1.82, 2.24) is 4.90 Å². The van der Waals surface area contributed by atoms with E-state index >= 15 is 0 Å². The average Bonchev–Trinajstić information content (AvgIpc) is 2.74. The molecule has 0 radical (unpaired) electrons. The van der Waals surface area contributed by atoms with Gasteiger partial charge in [-0.3, -0.25) is 4.79 Å². The third-order valence-corrected chi connectivity index (χ3v) is 7.90. The molecule has 5 nitrogen and oxygen atoms in total. The lowest BCUT2D eigenvalue weighted by atomic mass is 9.68. The first kappa shape index (κ1) is 26.7. The first-order valence-electron chi connectivity index (χ1n) is 10.7. The molecule has 176 valence electrons. The molecule has 0 aromatic heterocycles. The third kappa shape index (κ3) is 6.25. The van der Waals surface area contributed by atoms with Crippen LogP contribution < -0.4 is 5.73 Å². The molecule has 0 bridgehead atoms. The highest BCUT2D eigenvalue weighted by atomic mass is 35.5. The van der Waals surface area contributed by atoms with E-state index < -0.39 is 9.84 Å². The van der Waals surface area contributed by atoms with E-state index in [1.54, 1.807) is 25.1 Å². The number of amides is 1. The maximum atomic E-state index is 12.4. The van der Waals surface area contributed by atoms with E-state index in [-0.39, 0.29) is 29.8 Å². The Bertz CT molecular complexity index is 1040. The number of hydrogen-bond acceptors (Lipinski definition) is 4. The van der Waals surface area contributed by atoms with Crippen LogP contribution in [0.3, 0.4) is 0 Å². The van der Waals surface area contributed by atoms with Gasteiger partial charge in [-0.15, -0.1) is 12.4 Å². The number of nitrogens with zero attached hydrogens (tertiary/aromatic N) is 1. The lowest BCUT2D eigenvalue weighted by molar-refractivity contribution is -0.132. The highest BCUT2D eigenvalue weighted by Crippen LogP contribution is 2.40. The van der Waals surface area contributed by atoms with Crippen molar-refractivity contribution in [2.75, 3.05) is 19.3 Å². The summed E-state index contributed by atoms with van der Waals surface area (Å²) in [7, 11) is -3.25. The topological polar surface area (TPSA) is 80.5 Å². The van der Waals surface area contributed by atoms with Crippen molar-refractivity contribution >= 4 is 39.8 Å². The fourth-order valence-electron chi connectivity index (χ4n) is 4.67. The molecule has 2 aromatic rings. The van der Waals surface area contributed by atoms with E-state index in [0.717, 1.165) is 31.2 Å². The second-order valence-corrected chi connectivity index (χ2v) is 11.1. The van der Waals surface area contributed by atoms with Crippen LogP contribution in [0.15, 0.2) is 53.4 Å². The number of rotatable bonds is 7. The number of nitrogens with two attached hydrogens (primary N) is 1. The molecule has 2 N–H and O–H groups in total. The van der Waals surface area contributed by atoms with Gasteiger partial charge < -0.3 is 10.6 Å². The zero-order valence-corrected chi connectivity index (χ0v) is 21.0. The minimum absolute atomic E-state index is 0.